The van der Waals surface area contributed by atoms with Gasteiger partial charge in [0.05, 0.1) is 25.6 Å². The van der Waals surface area contributed by atoms with Crippen LogP contribution in [0.3, 0.4) is 0 Å². The minimum Gasteiger partial charge on any atom is -0.497 e. The predicted octanol–water partition coefficient (Wildman–Crippen LogP) is 3.25. The van der Waals surface area contributed by atoms with Crippen LogP contribution in [-0.4, -0.2) is 65.5 Å². The van der Waals surface area contributed by atoms with Crippen LogP contribution in [0.5, 0.6) is 11.5 Å². The van der Waals surface area contributed by atoms with E-state index in [1.807, 2.05) is 23.1 Å². The van der Waals surface area contributed by atoms with Gasteiger partial charge >= 0.3 is 0 Å². The van der Waals surface area contributed by atoms with Crippen molar-refractivity contribution in [1.82, 2.24) is 19.2 Å². The Labute approximate surface area is 189 Å². The second kappa shape index (κ2) is 9.61. The van der Waals surface area contributed by atoms with Gasteiger partial charge in [-0.25, -0.2) is 4.98 Å². The molecule has 1 aromatic carbocycles. The summed E-state index contributed by atoms with van der Waals surface area (Å²) >= 11 is 0. The Morgan fingerprint density at radius 1 is 1.00 bits per heavy atom. The molecule has 0 atom stereocenters. The van der Waals surface area contributed by atoms with Crippen LogP contribution in [0, 0.1) is 13.8 Å². The molecule has 1 amide bonds. The summed E-state index contributed by atoms with van der Waals surface area (Å²) in [5, 5.41) is 0. The lowest BCUT2D eigenvalue weighted by Crippen LogP contribution is -2.48. The Morgan fingerprint density at radius 3 is 2.34 bits per heavy atom. The highest BCUT2D eigenvalue weighted by atomic mass is 16.5. The first-order chi connectivity index (χ1) is 15.5. The molecule has 170 valence electrons. The number of hydrogen-bond acceptors (Lipinski definition) is 5. The molecule has 0 spiro atoms. The third kappa shape index (κ3) is 4.88. The number of piperazine rings is 1. The molecule has 0 unspecified atom stereocenters. The minimum atomic E-state index is 0.202. The number of ether oxygens (including phenoxy) is 2. The fourth-order valence-corrected chi connectivity index (χ4v) is 4.29. The zero-order valence-corrected chi connectivity index (χ0v) is 19.4. The van der Waals surface area contributed by atoms with Crippen molar-refractivity contribution in [2.45, 2.75) is 33.2 Å². The minimum absolute atomic E-state index is 0.202. The average Bonchev–Trinajstić information content (AvgIpc) is 3.11. The molecule has 0 radical (unpaired) electrons. The van der Waals surface area contributed by atoms with E-state index < -0.39 is 0 Å². The molecule has 1 saturated heterocycles. The lowest BCUT2D eigenvalue weighted by atomic mass is 10.1. The Bertz CT molecular complexity index is 1080. The van der Waals surface area contributed by atoms with Crippen LogP contribution in [0.4, 0.5) is 0 Å². The summed E-state index contributed by atoms with van der Waals surface area (Å²) in [6.07, 6.45) is 3.27. The largest absolute Gasteiger partial charge is 0.497 e. The highest BCUT2D eigenvalue weighted by Crippen LogP contribution is 2.23. The average molecular weight is 437 g/mol. The lowest BCUT2D eigenvalue weighted by Gasteiger charge is -2.34. The van der Waals surface area contributed by atoms with Gasteiger partial charge in [0.2, 0.25) is 5.91 Å². The lowest BCUT2D eigenvalue weighted by molar-refractivity contribution is -0.133. The van der Waals surface area contributed by atoms with Crippen molar-refractivity contribution >= 4 is 11.6 Å². The van der Waals surface area contributed by atoms with Crippen molar-refractivity contribution in [1.29, 1.82) is 0 Å². The van der Waals surface area contributed by atoms with Gasteiger partial charge in [-0.2, -0.15) is 0 Å². The maximum absolute atomic E-state index is 12.8. The van der Waals surface area contributed by atoms with Gasteiger partial charge < -0.3 is 18.8 Å². The van der Waals surface area contributed by atoms with Gasteiger partial charge in [-0.3, -0.25) is 9.69 Å². The van der Waals surface area contributed by atoms with Crippen LogP contribution in [-0.2, 0) is 17.8 Å². The van der Waals surface area contributed by atoms with Gasteiger partial charge in [0, 0.05) is 51.4 Å². The molecule has 2 aromatic heterocycles. The van der Waals surface area contributed by atoms with Crippen LogP contribution in [0.15, 0.2) is 36.5 Å². The number of rotatable bonds is 7. The van der Waals surface area contributed by atoms with Crippen LogP contribution < -0.4 is 9.47 Å². The standard InChI is InChI=1S/C25H32N4O3/c1-18-7-8-29-23(19(2)26-24(29)13-18)17-27-9-11-28(12-10-27)25(30)6-5-20-14-21(31-3)16-22(15-20)32-4/h7-8,13-16H,5-6,9-12,17H2,1-4H3. The van der Waals surface area contributed by atoms with Crippen molar-refractivity contribution in [2.75, 3.05) is 40.4 Å². The number of hydrogen-bond donors (Lipinski definition) is 0. The van der Waals surface area contributed by atoms with Crippen molar-refractivity contribution in [3.05, 3.63) is 59.0 Å². The molecule has 4 rings (SSSR count). The molecule has 0 N–H and O–H groups in total. The fourth-order valence-electron chi connectivity index (χ4n) is 4.29. The molecule has 3 heterocycles. The monoisotopic (exact) mass is 436 g/mol. The number of pyridine rings is 1. The summed E-state index contributed by atoms with van der Waals surface area (Å²) in [5.41, 5.74) is 5.56. The number of imidazole rings is 1. The highest BCUT2D eigenvalue weighted by Gasteiger charge is 2.22. The smallest absolute Gasteiger partial charge is 0.222 e. The second-order valence-electron chi connectivity index (χ2n) is 8.45. The molecule has 1 fully saturated rings. The summed E-state index contributed by atoms with van der Waals surface area (Å²) in [6.45, 7) is 8.27. The molecule has 32 heavy (non-hydrogen) atoms. The van der Waals surface area contributed by atoms with Crippen LogP contribution in [0.25, 0.3) is 5.65 Å². The van der Waals surface area contributed by atoms with E-state index in [1.54, 1.807) is 14.2 Å². The van der Waals surface area contributed by atoms with Crippen molar-refractivity contribution in [3.63, 3.8) is 0 Å². The van der Waals surface area contributed by atoms with Gasteiger partial charge in [0.1, 0.15) is 17.1 Å². The van der Waals surface area contributed by atoms with E-state index in [-0.39, 0.29) is 5.91 Å². The topological polar surface area (TPSA) is 59.3 Å². The second-order valence-corrected chi connectivity index (χ2v) is 8.45. The zero-order chi connectivity index (χ0) is 22.7. The normalized spacial score (nSPS) is 14.7. The van der Waals surface area contributed by atoms with Gasteiger partial charge in [-0.1, -0.05) is 0 Å². The molecule has 0 aliphatic carbocycles. The van der Waals surface area contributed by atoms with Crippen molar-refractivity contribution in [2.24, 2.45) is 0 Å². The van der Waals surface area contributed by atoms with Crippen molar-refractivity contribution < 1.29 is 14.3 Å². The number of carbonyl (C=O) groups excluding carboxylic acids is 1. The molecule has 3 aromatic rings. The number of aromatic nitrogens is 2. The number of aryl methyl sites for hydroxylation is 3. The molecule has 0 bridgehead atoms. The summed E-state index contributed by atoms with van der Waals surface area (Å²) < 4.78 is 12.8. The van der Waals surface area contributed by atoms with Crippen molar-refractivity contribution in [3.8, 4) is 11.5 Å². The van der Waals surface area contributed by atoms with Crippen LogP contribution in [0.1, 0.15) is 28.9 Å². The van der Waals surface area contributed by atoms with E-state index in [0.717, 1.165) is 61.1 Å². The summed E-state index contributed by atoms with van der Waals surface area (Å²) in [7, 11) is 3.27. The molecule has 7 nitrogen and oxygen atoms in total. The number of benzene rings is 1. The van der Waals surface area contributed by atoms with Crippen LogP contribution >= 0.6 is 0 Å². The number of methoxy groups -OCH3 is 2. The van der Waals surface area contributed by atoms with E-state index in [0.29, 0.717) is 12.8 Å². The van der Waals surface area contributed by atoms with Gasteiger partial charge in [0.15, 0.2) is 0 Å². The van der Waals surface area contributed by atoms with Gasteiger partial charge in [-0.05, 0) is 55.7 Å². The van der Waals surface area contributed by atoms with E-state index in [2.05, 4.69) is 41.5 Å². The number of amides is 1. The molecule has 0 saturated carbocycles. The molecule has 7 heteroatoms. The Balaban J connectivity index is 1.31. The fraction of sp³-hybridized carbons (Fsp3) is 0.440. The summed E-state index contributed by atoms with van der Waals surface area (Å²) in [5.74, 6) is 1.70. The van der Waals surface area contributed by atoms with E-state index in [1.165, 1.54) is 11.3 Å². The van der Waals surface area contributed by atoms with E-state index in [9.17, 15) is 4.79 Å². The number of fused-ring (bicyclic) bond motifs is 1. The number of nitrogens with zero attached hydrogens (tertiary/aromatic N) is 4. The molecule has 1 aliphatic heterocycles. The van der Waals surface area contributed by atoms with Gasteiger partial charge in [-0.15, -0.1) is 0 Å². The van der Waals surface area contributed by atoms with E-state index >= 15 is 0 Å². The van der Waals surface area contributed by atoms with E-state index in [4.69, 9.17) is 14.5 Å². The first-order valence-corrected chi connectivity index (χ1v) is 11.1. The van der Waals surface area contributed by atoms with Crippen LogP contribution in [0.2, 0.25) is 0 Å². The van der Waals surface area contributed by atoms with Gasteiger partial charge in [0.25, 0.3) is 0 Å². The first-order valence-electron chi connectivity index (χ1n) is 11.1. The highest BCUT2D eigenvalue weighted by molar-refractivity contribution is 5.76. The Hall–Kier alpha value is -3.06. The molecular weight excluding hydrogens is 404 g/mol. The first kappa shape index (κ1) is 22.1. The number of carbonyl (C=O) groups is 1. The third-order valence-corrected chi connectivity index (χ3v) is 6.22. The maximum atomic E-state index is 12.8. The maximum Gasteiger partial charge on any atom is 0.222 e. The summed E-state index contributed by atoms with van der Waals surface area (Å²) in [4.78, 5) is 21.9. The summed E-state index contributed by atoms with van der Waals surface area (Å²) in [6, 6.07) is 10.0. The molecular formula is C25H32N4O3. The molecule has 1 aliphatic rings. The SMILES string of the molecule is COc1cc(CCC(=O)N2CCN(Cc3c(C)nc4cc(C)ccn34)CC2)cc(OC)c1. The zero-order valence-electron chi connectivity index (χ0n) is 19.4. The third-order valence-electron chi connectivity index (χ3n) is 6.22. The Morgan fingerprint density at radius 2 is 1.69 bits per heavy atom. The quantitative estimate of drug-likeness (QED) is 0.569. The Kier molecular flexibility index (Phi) is 6.65. The predicted molar refractivity (Wildman–Crippen MR) is 124 cm³/mol.